The lowest BCUT2D eigenvalue weighted by molar-refractivity contribution is 0.100. The lowest BCUT2D eigenvalue weighted by Crippen LogP contribution is -2.16. The van der Waals surface area contributed by atoms with Gasteiger partial charge in [0.05, 0.1) is 17.3 Å². The van der Waals surface area contributed by atoms with Crippen molar-refractivity contribution in [2.75, 3.05) is 6.61 Å². The zero-order valence-corrected chi connectivity index (χ0v) is 14.2. The summed E-state index contributed by atoms with van der Waals surface area (Å²) in [6.45, 7) is 1.58. The summed E-state index contributed by atoms with van der Waals surface area (Å²) in [4.78, 5) is 4.48. The fourth-order valence-electron chi connectivity index (χ4n) is 3.44. The van der Waals surface area contributed by atoms with Crippen LogP contribution < -0.4 is 0 Å². The lowest BCUT2D eigenvalue weighted by atomic mass is 9.79. The van der Waals surface area contributed by atoms with Crippen molar-refractivity contribution in [2.45, 2.75) is 44.6 Å². The highest BCUT2D eigenvalue weighted by Gasteiger charge is 2.24. The summed E-state index contributed by atoms with van der Waals surface area (Å²) in [6, 6.07) is 14.2. The Kier molecular flexibility index (Phi) is 6.06. The molecule has 1 heterocycles. The van der Waals surface area contributed by atoms with Crippen LogP contribution in [0.1, 0.15) is 49.3 Å². The predicted octanol–water partition coefficient (Wildman–Crippen LogP) is 5.62. The van der Waals surface area contributed by atoms with Crippen molar-refractivity contribution in [3.05, 3.63) is 64.9 Å². The van der Waals surface area contributed by atoms with E-state index in [0.717, 1.165) is 36.3 Å². The number of benzene rings is 1. The molecule has 3 rings (SSSR count). The maximum Gasteiger partial charge on any atom is 0.0716 e. The molecule has 0 unspecified atom stereocenters. The van der Waals surface area contributed by atoms with E-state index in [9.17, 15) is 0 Å². The van der Waals surface area contributed by atoms with Gasteiger partial charge in [-0.2, -0.15) is 0 Å². The first-order chi connectivity index (χ1) is 11.3. The number of rotatable bonds is 6. The van der Waals surface area contributed by atoms with Gasteiger partial charge < -0.3 is 4.74 Å². The van der Waals surface area contributed by atoms with Gasteiger partial charge >= 0.3 is 0 Å². The van der Waals surface area contributed by atoms with Crippen LogP contribution in [0.4, 0.5) is 0 Å². The Morgan fingerprint density at radius 1 is 1.00 bits per heavy atom. The van der Waals surface area contributed by atoms with Gasteiger partial charge in [0, 0.05) is 18.7 Å². The van der Waals surface area contributed by atoms with Gasteiger partial charge in [0.15, 0.2) is 0 Å². The summed E-state index contributed by atoms with van der Waals surface area (Å²) in [6.07, 6.45) is 7.92. The fraction of sp³-hybridized carbons (Fsp3) is 0.450. The van der Waals surface area contributed by atoms with Gasteiger partial charge in [-0.1, -0.05) is 41.9 Å². The third-order valence-corrected chi connectivity index (χ3v) is 5.12. The van der Waals surface area contributed by atoms with Gasteiger partial charge in [-0.05, 0) is 55.7 Å². The summed E-state index contributed by atoms with van der Waals surface area (Å²) < 4.78 is 5.82. The molecule has 0 bridgehead atoms. The Morgan fingerprint density at radius 3 is 2.52 bits per heavy atom. The van der Waals surface area contributed by atoms with E-state index in [4.69, 9.17) is 16.3 Å². The van der Waals surface area contributed by atoms with E-state index >= 15 is 0 Å². The highest BCUT2D eigenvalue weighted by molar-refractivity contribution is 6.31. The third kappa shape index (κ3) is 4.79. The molecule has 1 saturated carbocycles. The quantitative estimate of drug-likeness (QED) is 0.642. The molecule has 0 spiro atoms. The zero-order valence-electron chi connectivity index (χ0n) is 13.5. The van der Waals surface area contributed by atoms with Crippen molar-refractivity contribution in [3.63, 3.8) is 0 Å². The van der Waals surface area contributed by atoms with Crippen LogP contribution in [0.2, 0.25) is 5.02 Å². The van der Waals surface area contributed by atoms with Crippen molar-refractivity contribution >= 4 is 11.6 Å². The van der Waals surface area contributed by atoms with Gasteiger partial charge in [-0.3, -0.25) is 4.98 Å². The second-order valence-corrected chi connectivity index (χ2v) is 6.82. The van der Waals surface area contributed by atoms with E-state index in [-0.39, 0.29) is 0 Å². The minimum Gasteiger partial charge on any atom is -0.377 e. The number of pyridine rings is 1. The highest BCUT2D eigenvalue weighted by Crippen LogP contribution is 2.38. The summed E-state index contributed by atoms with van der Waals surface area (Å²) >= 11 is 6.27. The first-order valence-corrected chi connectivity index (χ1v) is 8.93. The van der Waals surface area contributed by atoms with Crippen LogP contribution in [-0.2, 0) is 11.3 Å². The molecule has 1 aliphatic carbocycles. The minimum atomic E-state index is 0.533. The van der Waals surface area contributed by atoms with Crippen LogP contribution in [0.5, 0.6) is 0 Å². The summed E-state index contributed by atoms with van der Waals surface area (Å²) in [5.74, 6) is 1.31. The van der Waals surface area contributed by atoms with Crippen molar-refractivity contribution in [3.8, 4) is 0 Å². The maximum atomic E-state index is 6.27. The van der Waals surface area contributed by atoms with E-state index in [0.29, 0.717) is 5.92 Å². The number of hydrogen-bond donors (Lipinski definition) is 0. The van der Waals surface area contributed by atoms with Gasteiger partial charge in [-0.25, -0.2) is 0 Å². The first kappa shape index (κ1) is 16.5. The first-order valence-electron chi connectivity index (χ1n) is 8.55. The molecule has 2 aromatic rings. The maximum absolute atomic E-state index is 6.27. The largest absolute Gasteiger partial charge is 0.377 e. The molecule has 0 aliphatic heterocycles. The van der Waals surface area contributed by atoms with E-state index in [1.807, 2.05) is 24.4 Å². The predicted molar refractivity (Wildman–Crippen MR) is 94.7 cm³/mol. The van der Waals surface area contributed by atoms with Crippen LogP contribution >= 0.6 is 11.6 Å². The van der Waals surface area contributed by atoms with Gasteiger partial charge in [-0.15, -0.1) is 0 Å². The second kappa shape index (κ2) is 8.47. The van der Waals surface area contributed by atoms with Crippen molar-refractivity contribution in [1.29, 1.82) is 0 Å². The molecule has 1 aromatic heterocycles. The molecule has 1 aromatic carbocycles. The summed E-state index contributed by atoms with van der Waals surface area (Å²) in [5.41, 5.74) is 2.34. The summed E-state index contributed by atoms with van der Waals surface area (Å²) in [7, 11) is 0. The molecule has 122 valence electrons. The van der Waals surface area contributed by atoms with E-state index in [1.165, 1.54) is 31.2 Å². The van der Waals surface area contributed by atoms with Crippen LogP contribution in [0, 0.1) is 5.92 Å². The molecule has 1 fully saturated rings. The molecule has 1 aliphatic rings. The Labute approximate surface area is 143 Å². The minimum absolute atomic E-state index is 0.533. The van der Waals surface area contributed by atoms with Crippen LogP contribution in [0.15, 0.2) is 48.7 Å². The molecule has 3 heteroatoms. The fourth-order valence-corrected chi connectivity index (χ4v) is 3.71. The number of halogens is 1. The normalized spacial score (nSPS) is 21.3. The molecule has 2 nitrogen and oxygen atoms in total. The van der Waals surface area contributed by atoms with E-state index in [1.54, 1.807) is 0 Å². The van der Waals surface area contributed by atoms with Crippen LogP contribution in [0.3, 0.4) is 0 Å². The van der Waals surface area contributed by atoms with Crippen LogP contribution in [0.25, 0.3) is 0 Å². The number of aromatic nitrogens is 1. The number of nitrogens with zero attached hydrogens (tertiary/aromatic N) is 1. The Balaban J connectivity index is 1.37. The molecule has 0 N–H and O–H groups in total. The number of hydrogen-bond acceptors (Lipinski definition) is 2. The highest BCUT2D eigenvalue weighted by atomic mass is 35.5. The topological polar surface area (TPSA) is 22.1 Å². The smallest absolute Gasteiger partial charge is 0.0716 e. The van der Waals surface area contributed by atoms with Crippen molar-refractivity contribution in [1.82, 2.24) is 4.98 Å². The van der Waals surface area contributed by atoms with Crippen LogP contribution in [-0.4, -0.2) is 11.6 Å². The molecule has 0 radical (unpaired) electrons. The molecule has 0 atom stereocenters. The van der Waals surface area contributed by atoms with Gasteiger partial charge in [0.25, 0.3) is 0 Å². The van der Waals surface area contributed by atoms with E-state index in [2.05, 4.69) is 29.2 Å². The zero-order chi connectivity index (χ0) is 15.9. The van der Waals surface area contributed by atoms with Gasteiger partial charge in [0.1, 0.15) is 0 Å². The second-order valence-electron chi connectivity index (χ2n) is 6.41. The third-order valence-electron chi connectivity index (χ3n) is 4.80. The van der Waals surface area contributed by atoms with Crippen molar-refractivity contribution in [2.24, 2.45) is 5.92 Å². The monoisotopic (exact) mass is 329 g/mol. The average Bonchev–Trinajstić information content (AvgIpc) is 2.61. The van der Waals surface area contributed by atoms with Gasteiger partial charge in [0.2, 0.25) is 0 Å². The Morgan fingerprint density at radius 2 is 1.78 bits per heavy atom. The molecule has 0 amide bonds. The molecule has 23 heavy (non-hydrogen) atoms. The SMILES string of the molecule is Clc1cccnc1C1CCC(CCOCc2ccccc2)CC1. The van der Waals surface area contributed by atoms with Crippen molar-refractivity contribution < 1.29 is 4.74 Å². The Bertz CT molecular complexity index is 594. The van der Waals surface area contributed by atoms with E-state index < -0.39 is 0 Å². The number of ether oxygens (including phenoxy) is 1. The average molecular weight is 330 g/mol. The Hall–Kier alpha value is -1.38. The standard InChI is InChI=1S/C20H24ClNO/c21-19-7-4-13-22-20(19)18-10-8-16(9-11-18)12-14-23-15-17-5-2-1-3-6-17/h1-7,13,16,18H,8-12,14-15H2. The molecule has 0 saturated heterocycles. The summed E-state index contributed by atoms with van der Waals surface area (Å²) in [5, 5.41) is 0.821. The molecular formula is C20H24ClNO. The molecular weight excluding hydrogens is 306 g/mol. The lowest BCUT2D eigenvalue weighted by Gasteiger charge is -2.28.